The molecule has 0 saturated carbocycles. The Morgan fingerprint density at radius 3 is 2.21 bits per heavy atom. The highest BCUT2D eigenvalue weighted by atomic mass is 19.4. The zero-order valence-electron chi connectivity index (χ0n) is 8.99. The molecule has 4 heteroatoms. The smallest absolute Gasteiger partial charge is 0.291 e. The van der Waals surface area contributed by atoms with Crippen molar-refractivity contribution in [1.29, 1.82) is 0 Å². The van der Waals surface area contributed by atoms with E-state index in [1.165, 1.54) is 0 Å². The van der Waals surface area contributed by atoms with Crippen molar-refractivity contribution in [1.82, 2.24) is 4.90 Å². The van der Waals surface area contributed by atoms with E-state index in [1.807, 2.05) is 20.8 Å². The molecule has 1 aliphatic heterocycles. The van der Waals surface area contributed by atoms with Crippen LogP contribution in [0.4, 0.5) is 13.2 Å². The summed E-state index contributed by atoms with van der Waals surface area (Å²) in [6.45, 7) is 5.85. The van der Waals surface area contributed by atoms with E-state index in [2.05, 4.69) is 0 Å². The van der Waals surface area contributed by atoms with Crippen molar-refractivity contribution >= 4 is 0 Å². The molecule has 0 spiro atoms. The van der Waals surface area contributed by atoms with Crippen LogP contribution >= 0.6 is 0 Å². The first kappa shape index (κ1) is 11.8. The van der Waals surface area contributed by atoms with E-state index in [-0.39, 0.29) is 11.5 Å². The fourth-order valence-corrected chi connectivity index (χ4v) is 2.23. The van der Waals surface area contributed by atoms with Crippen LogP contribution in [0.5, 0.6) is 0 Å². The highest BCUT2D eigenvalue weighted by Crippen LogP contribution is 2.34. The van der Waals surface area contributed by atoms with Gasteiger partial charge in [-0.05, 0) is 24.8 Å². The number of rotatable bonds is 1. The summed E-state index contributed by atoms with van der Waals surface area (Å²) in [4.78, 5) is 1.57. The fraction of sp³-hybridized carbons (Fsp3) is 1.00. The first-order valence-corrected chi connectivity index (χ1v) is 5.01. The van der Waals surface area contributed by atoms with E-state index in [1.54, 1.807) is 4.90 Å². The second-order valence-corrected chi connectivity index (χ2v) is 5.11. The number of halogens is 3. The van der Waals surface area contributed by atoms with Gasteiger partial charge in [-0.3, -0.25) is 4.90 Å². The molecule has 1 aliphatic rings. The zero-order chi connectivity index (χ0) is 11.0. The topological polar surface area (TPSA) is 3.24 Å². The molecule has 0 radical (unpaired) electrons. The van der Waals surface area contributed by atoms with E-state index in [0.717, 1.165) is 12.8 Å². The Hall–Kier alpha value is -0.250. The van der Waals surface area contributed by atoms with Gasteiger partial charge in [0.1, 0.15) is 0 Å². The van der Waals surface area contributed by atoms with Gasteiger partial charge in [0.05, 0.1) is 6.54 Å². The van der Waals surface area contributed by atoms with Crippen LogP contribution in [0.15, 0.2) is 0 Å². The molecule has 0 amide bonds. The van der Waals surface area contributed by atoms with Crippen LogP contribution in [0.3, 0.4) is 0 Å². The summed E-state index contributed by atoms with van der Waals surface area (Å²) in [6, 6.07) is 0.0733. The molecule has 84 valence electrons. The average Bonchev–Trinajstić information content (AvgIpc) is 2.29. The van der Waals surface area contributed by atoms with Crippen molar-refractivity contribution < 1.29 is 13.2 Å². The van der Waals surface area contributed by atoms with Crippen molar-refractivity contribution in [3.8, 4) is 0 Å². The van der Waals surface area contributed by atoms with Crippen LogP contribution in [0.1, 0.15) is 33.6 Å². The minimum absolute atomic E-state index is 0.0538. The lowest BCUT2D eigenvalue weighted by Crippen LogP contribution is -2.43. The van der Waals surface area contributed by atoms with Crippen molar-refractivity contribution in [2.75, 3.05) is 13.1 Å². The van der Waals surface area contributed by atoms with Crippen molar-refractivity contribution in [3.63, 3.8) is 0 Å². The highest BCUT2D eigenvalue weighted by Gasteiger charge is 2.40. The minimum Gasteiger partial charge on any atom is -0.291 e. The fourth-order valence-electron chi connectivity index (χ4n) is 2.23. The van der Waals surface area contributed by atoms with E-state index >= 15 is 0 Å². The van der Waals surface area contributed by atoms with Gasteiger partial charge in [-0.2, -0.15) is 13.2 Å². The van der Waals surface area contributed by atoms with E-state index < -0.39 is 12.7 Å². The van der Waals surface area contributed by atoms with Crippen LogP contribution in [0, 0.1) is 5.41 Å². The number of alkyl halides is 3. The largest absolute Gasteiger partial charge is 0.401 e. The molecule has 1 heterocycles. The van der Waals surface area contributed by atoms with Crippen LogP contribution < -0.4 is 0 Å². The van der Waals surface area contributed by atoms with Gasteiger partial charge in [0.2, 0.25) is 0 Å². The SMILES string of the molecule is CC(C)(C)C1CCCN1CC(F)(F)F. The summed E-state index contributed by atoms with van der Waals surface area (Å²) >= 11 is 0. The Balaban J connectivity index is 2.61. The summed E-state index contributed by atoms with van der Waals surface area (Å²) in [5.41, 5.74) is -0.0538. The standard InChI is InChI=1S/C10H18F3N/c1-9(2,3)8-5-4-6-14(8)7-10(11,12)13/h8H,4-7H2,1-3H3. The molecule has 0 aromatic carbocycles. The number of hydrogen-bond donors (Lipinski definition) is 0. The molecule has 1 nitrogen and oxygen atoms in total. The Labute approximate surface area is 83.3 Å². The second-order valence-electron chi connectivity index (χ2n) is 5.11. The molecule has 1 atom stereocenters. The molecule has 1 rings (SSSR count). The Kier molecular flexibility index (Phi) is 3.14. The van der Waals surface area contributed by atoms with Gasteiger partial charge in [-0.15, -0.1) is 0 Å². The molecule has 0 bridgehead atoms. The summed E-state index contributed by atoms with van der Waals surface area (Å²) in [7, 11) is 0. The van der Waals surface area contributed by atoms with Crippen LogP contribution in [-0.2, 0) is 0 Å². The summed E-state index contributed by atoms with van der Waals surface area (Å²) in [5.74, 6) is 0. The lowest BCUT2D eigenvalue weighted by Gasteiger charge is -2.35. The Morgan fingerprint density at radius 2 is 1.79 bits per heavy atom. The number of nitrogens with zero attached hydrogens (tertiary/aromatic N) is 1. The molecule has 1 saturated heterocycles. The van der Waals surface area contributed by atoms with Gasteiger partial charge in [0.15, 0.2) is 0 Å². The maximum Gasteiger partial charge on any atom is 0.401 e. The van der Waals surface area contributed by atoms with E-state index in [9.17, 15) is 13.2 Å². The average molecular weight is 209 g/mol. The maximum atomic E-state index is 12.2. The molecular weight excluding hydrogens is 191 g/mol. The second kappa shape index (κ2) is 3.72. The normalized spacial score (nSPS) is 25.7. The number of hydrogen-bond acceptors (Lipinski definition) is 1. The van der Waals surface area contributed by atoms with Gasteiger partial charge in [0.25, 0.3) is 0 Å². The third-order valence-electron chi connectivity index (χ3n) is 2.75. The van der Waals surface area contributed by atoms with Crippen LogP contribution in [0.2, 0.25) is 0 Å². The summed E-state index contributed by atoms with van der Waals surface area (Å²) in [6.07, 6.45) is -2.29. The molecular formula is C10H18F3N. The van der Waals surface area contributed by atoms with Gasteiger partial charge < -0.3 is 0 Å². The highest BCUT2D eigenvalue weighted by molar-refractivity contribution is 4.88. The predicted molar refractivity (Wildman–Crippen MR) is 50.1 cm³/mol. The minimum atomic E-state index is -4.06. The predicted octanol–water partition coefficient (Wildman–Crippen LogP) is 3.06. The van der Waals surface area contributed by atoms with Crippen molar-refractivity contribution in [3.05, 3.63) is 0 Å². The summed E-state index contributed by atoms with van der Waals surface area (Å²) < 4.78 is 36.7. The van der Waals surface area contributed by atoms with Gasteiger partial charge in [-0.1, -0.05) is 20.8 Å². The van der Waals surface area contributed by atoms with Crippen LogP contribution in [-0.4, -0.2) is 30.2 Å². The first-order chi connectivity index (χ1) is 6.20. The summed E-state index contributed by atoms with van der Waals surface area (Å²) in [5, 5.41) is 0. The van der Waals surface area contributed by atoms with Gasteiger partial charge in [-0.25, -0.2) is 0 Å². The third-order valence-corrected chi connectivity index (χ3v) is 2.75. The third kappa shape index (κ3) is 3.15. The monoisotopic (exact) mass is 209 g/mol. The lowest BCUT2D eigenvalue weighted by atomic mass is 9.85. The maximum absolute atomic E-state index is 12.2. The van der Waals surface area contributed by atoms with Crippen molar-refractivity contribution in [2.45, 2.75) is 45.8 Å². The molecule has 0 aromatic rings. The van der Waals surface area contributed by atoms with Crippen LogP contribution in [0.25, 0.3) is 0 Å². The quantitative estimate of drug-likeness (QED) is 0.641. The van der Waals surface area contributed by atoms with Gasteiger partial charge >= 0.3 is 6.18 Å². The van der Waals surface area contributed by atoms with Crippen molar-refractivity contribution in [2.24, 2.45) is 5.41 Å². The molecule has 0 aromatic heterocycles. The molecule has 14 heavy (non-hydrogen) atoms. The molecule has 1 unspecified atom stereocenters. The Morgan fingerprint density at radius 1 is 1.21 bits per heavy atom. The molecule has 0 N–H and O–H groups in total. The Bertz CT molecular complexity index is 193. The molecule has 0 aliphatic carbocycles. The number of likely N-dealkylation sites (tertiary alicyclic amines) is 1. The first-order valence-electron chi connectivity index (χ1n) is 5.01. The van der Waals surface area contributed by atoms with E-state index in [0.29, 0.717) is 6.54 Å². The van der Waals surface area contributed by atoms with Gasteiger partial charge in [0, 0.05) is 6.04 Å². The lowest BCUT2D eigenvalue weighted by molar-refractivity contribution is -0.151. The van der Waals surface area contributed by atoms with E-state index in [4.69, 9.17) is 0 Å². The zero-order valence-corrected chi connectivity index (χ0v) is 8.99. The molecule has 1 fully saturated rings.